The van der Waals surface area contributed by atoms with Crippen molar-refractivity contribution in [2.45, 2.75) is 24.0 Å². The van der Waals surface area contributed by atoms with Gasteiger partial charge in [-0.25, -0.2) is 4.98 Å². The van der Waals surface area contributed by atoms with Crippen LogP contribution in [0.25, 0.3) is 11.0 Å². The van der Waals surface area contributed by atoms with E-state index in [9.17, 15) is 9.59 Å². The van der Waals surface area contributed by atoms with E-state index < -0.39 is 0 Å². The Morgan fingerprint density at radius 3 is 2.69 bits per heavy atom. The second-order valence-electron chi connectivity index (χ2n) is 6.19. The number of aromatic amines is 1. The maximum atomic E-state index is 12.3. The molecule has 1 saturated carbocycles. The van der Waals surface area contributed by atoms with Gasteiger partial charge in [0.15, 0.2) is 5.16 Å². The molecular weight excluding hydrogens is 348 g/mol. The standard InChI is InChI=1S/C19H18N4O2S/c24-17(11-26-19-22-15-7-3-4-8-16(15)23-19)21-14-6-2-1-5-13(14)18(25)20-12-9-10-12/h1-8,12H,9-11H2,(H,20,25)(H,21,24)(H,22,23). The maximum Gasteiger partial charge on any atom is 0.253 e. The molecule has 0 aliphatic heterocycles. The van der Waals surface area contributed by atoms with E-state index in [1.165, 1.54) is 11.8 Å². The molecule has 132 valence electrons. The summed E-state index contributed by atoms with van der Waals surface area (Å²) in [5.41, 5.74) is 2.83. The molecule has 1 aliphatic rings. The minimum atomic E-state index is -0.179. The van der Waals surface area contributed by atoms with Crippen LogP contribution in [0.2, 0.25) is 0 Å². The van der Waals surface area contributed by atoms with Gasteiger partial charge in [-0.1, -0.05) is 36.0 Å². The van der Waals surface area contributed by atoms with Crippen LogP contribution < -0.4 is 10.6 Å². The number of anilines is 1. The number of carbonyl (C=O) groups is 2. The van der Waals surface area contributed by atoms with Crippen molar-refractivity contribution in [2.75, 3.05) is 11.1 Å². The molecule has 4 rings (SSSR count). The van der Waals surface area contributed by atoms with Gasteiger partial charge in [0.05, 0.1) is 28.0 Å². The average Bonchev–Trinajstić information content (AvgIpc) is 3.35. The van der Waals surface area contributed by atoms with Gasteiger partial charge in [0.1, 0.15) is 0 Å². The third kappa shape index (κ3) is 3.88. The van der Waals surface area contributed by atoms with Gasteiger partial charge in [-0.15, -0.1) is 0 Å². The van der Waals surface area contributed by atoms with Crippen molar-refractivity contribution in [2.24, 2.45) is 0 Å². The summed E-state index contributed by atoms with van der Waals surface area (Å²) >= 11 is 1.33. The number of carbonyl (C=O) groups excluding carboxylic acids is 2. The summed E-state index contributed by atoms with van der Waals surface area (Å²) in [7, 11) is 0. The minimum absolute atomic E-state index is 0.145. The van der Waals surface area contributed by atoms with Crippen LogP contribution in [0.1, 0.15) is 23.2 Å². The number of para-hydroxylation sites is 3. The minimum Gasteiger partial charge on any atom is -0.349 e. The van der Waals surface area contributed by atoms with Crippen molar-refractivity contribution < 1.29 is 9.59 Å². The highest BCUT2D eigenvalue weighted by molar-refractivity contribution is 7.99. The predicted molar refractivity (Wildman–Crippen MR) is 102 cm³/mol. The fourth-order valence-corrected chi connectivity index (χ4v) is 3.28. The van der Waals surface area contributed by atoms with Gasteiger partial charge < -0.3 is 15.6 Å². The van der Waals surface area contributed by atoms with Crippen molar-refractivity contribution in [3.05, 3.63) is 54.1 Å². The summed E-state index contributed by atoms with van der Waals surface area (Å²) < 4.78 is 0. The molecule has 7 heteroatoms. The maximum absolute atomic E-state index is 12.3. The lowest BCUT2D eigenvalue weighted by atomic mass is 10.1. The zero-order valence-corrected chi connectivity index (χ0v) is 14.8. The lowest BCUT2D eigenvalue weighted by molar-refractivity contribution is -0.113. The lowest BCUT2D eigenvalue weighted by Gasteiger charge is -2.10. The quantitative estimate of drug-likeness (QED) is 0.585. The largest absolute Gasteiger partial charge is 0.349 e. The number of nitrogens with zero attached hydrogens (tertiary/aromatic N) is 1. The van der Waals surface area contributed by atoms with E-state index in [1.54, 1.807) is 24.3 Å². The van der Waals surface area contributed by atoms with Crippen LogP contribution in [-0.4, -0.2) is 33.6 Å². The molecule has 6 nitrogen and oxygen atoms in total. The third-order valence-corrected chi connectivity index (χ3v) is 4.94. The Labute approximate surface area is 154 Å². The zero-order valence-electron chi connectivity index (χ0n) is 14.0. The second kappa shape index (κ2) is 7.21. The van der Waals surface area contributed by atoms with Gasteiger partial charge >= 0.3 is 0 Å². The molecule has 2 aromatic carbocycles. The molecule has 3 N–H and O–H groups in total. The summed E-state index contributed by atoms with van der Waals surface area (Å²) in [5.74, 6) is -0.117. The van der Waals surface area contributed by atoms with E-state index in [0.717, 1.165) is 23.9 Å². The lowest BCUT2D eigenvalue weighted by Crippen LogP contribution is -2.27. The first-order valence-corrected chi connectivity index (χ1v) is 9.45. The zero-order chi connectivity index (χ0) is 17.9. The fraction of sp³-hybridized carbons (Fsp3) is 0.211. The van der Waals surface area contributed by atoms with Crippen LogP contribution in [0.4, 0.5) is 5.69 Å². The summed E-state index contributed by atoms with van der Waals surface area (Å²) in [5, 5.41) is 6.47. The highest BCUT2D eigenvalue weighted by atomic mass is 32.2. The summed E-state index contributed by atoms with van der Waals surface area (Å²) in [4.78, 5) is 32.2. The molecule has 2 amide bonds. The number of thioether (sulfide) groups is 1. The van der Waals surface area contributed by atoms with Crippen LogP contribution in [-0.2, 0) is 4.79 Å². The monoisotopic (exact) mass is 366 g/mol. The van der Waals surface area contributed by atoms with E-state index in [1.807, 2.05) is 24.3 Å². The van der Waals surface area contributed by atoms with Gasteiger partial charge in [-0.3, -0.25) is 9.59 Å². The molecular formula is C19H18N4O2S. The number of nitrogens with one attached hydrogen (secondary N) is 3. The Hall–Kier alpha value is -2.80. The van der Waals surface area contributed by atoms with Gasteiger partial charge in [-0.2, -0.15) is 0 Å². The SMILES string of the molecule is O=C(CSc1nc2ccccc2[nH]1)Nc1ccccc1C(=O)NC1CC1. The summed E-state index contributed by atoms with van der Waals surface area (Å²) in [6, 6.07) is 15.1. The molecule has 1 fully saturated rings. The first kappa shape index (κ1) is 16.7. The molecule has 1 aliphatic carbocycles. The van der Waals surface area contributed by atoms with Crippen LogP contribution in [0.5, 0.6) is 0 Å². The van der Waals surface area contributed by atoms with Crippen molar-refractivity contribution in [3.63, 3.8) is 0 Å². The number of hydrogen-bond acceptors (Lipinski definition) is 4. The molecule has 0 bridgehead atoms. The number of H-pyrrole nitrogens is 1. The van der Waals surface area contributed by atoms with E-state index in [2.05, 4.69) is 20.6 Å². The third-order valence-electron chi connectivity index (χ3n) is 4.07. The van der Waals surface area contributed by atoms with Crippen LogP contribution in [0.3, 0.4) is 0 Å². The van der Waals surface area contributed by atoms with Gasteiger partial charge in [0.2, 0.25) is 5.91 Å². The molecule has 26 heavy (non-hydrogen) atoms. The van der Waals surface area contributed by atoms with Crippen LogP contribution in [0, 0.1) is 0 Å². The topological polar surface area (TPSA) is 86.9 Å². The Balaban J connectivity index is 1.39. The number of hydrogen-bond donors (Lipinski definition) is 3. The number of aromatic nitrogens is 2. The van der Waals surface area contributed by atoms with Crippen molar-refractivity contribution >= 4 is 40.3 Å². The van der Waals surface area contributed by atoms with Crippen molar-refractivity contribution in [3.8, 4) is 0 Å². The highest BCUT2D eigenvalue weighted by Gasteiger charge is 2.25. The Bertz CT molecular complexity index is 932. The van der Waals surface area contributed by atoms with Gasteiger partial charge in [0, 0.05) is 6.04 Å². The van der Waals surface area contributed by atoms with Crippen LogP contribution in [0.15, 0.2) is 53.7 Å². The Morgan fingerprint density at radius 2 is 1.88 bits per heavy atom. The first-order chi connectivity index (χ1) is 12.7. The molecule has 0 radical (unpaired) electrons. The molecule has 0 spiro atoms. The number of imidazole rings is 1. The molecule has 0 saturated heterocycles. The second-order valence-corrected chi connectivity index (χ2v) is 7.15. The number of fused-ring (bicyclic) bond motifs is 1. The smallest absolute Gasteiger partial charge is 0.253 e. The highest BCUT2D eigenvalue weighted by Crippen LogP contribution is 2.22. The fourth-order valence-electron chi connectivity index (χ4n) is 2.60. The normalized spacial score (nSPS) is 13.5. The van der Waals surface area contributed by atoms with Gasteiger partial charge in [-0.05, 0) is 37.1 Å². The van der Waals surface area contributed by atoms with E-state index in [4.69, 9.17) is 0 Å². The summed E-state index contributed by atoms with van der Waals surface area (Å²) in [6.07, 6.45) is 2.04. The Morgan fingerprint density at radius 1 is 1.12 bits per heavy atom. The molecule has 1 heterocycles. The van der Waals surface area contributed by atoms with E-state index >= 15 is 0 Å². The number of benzene rings is 2. The molecule has 0 atom stereocenters. The van der Waals surface area contributed by atoms with E-state index in [0.29, 0.717) is 16.4 Å². The van der Waals surface area contributed by atoms with Crippen molar-refractivity contribution in [1.82, 2.24) is 15.3 Å². The van der Waals surface area contributed by atoms with Crippen molar-refractivity contribution in [1.29, 1.82) is 0 Å². The van der Waals surface area contributed by atoms with Gasteiger partial charge in [0.25, 0.3) is 5.91 Å². The average molecular weight is 366 g/mol. The van der Waals surface area contributed by atoms with E-state index in [-0.39, 0.29) is 23.6 Å². The summed E-state index contributed by atoms with van der Waals surface area (Å²) in [6.45, 7) is 0. The number of rotatable bonds is 6. The Kier molecular flexibility index (Phi) is 4.62. The number of amides is 2. The van der Waals surface area contributed by atoms with Crippen LogP contribution >= 0.6 is 11.8 Å². The molecule has 3 aromatic rings. The molecule has 0 unspecified atom stereocenters. The predicted octanol–water partition coefficient (Wildman–Crippen LogP) is 3.19. The first-order valence-electron chi connectivity index (χ1n) is 8.46. The molecule has 1 aromatic heterocycles.